The molecule has 0 heterocycles. The third kappa shape index (κ3) is 4.40. The first-order valence-corrected chi connectivity index (χ1v) is 6.72. The number of carbonyl (C=O) groups excluding carboxylic acids is 1. The van der Waals surface area contributed by atoms with Crippen LogP contribution in [0.15, 0.2) is 48.5 Å². The molecule has 7 heteroatoms. The predicted molar refractivity (Wildman–Crippen MR) is 84.7 cm³/mol. The van der Waals surface area contributed by atoms with E-state index < -0.39 is 5.91 Å². The summed E-state index contributed by atoms with van der Waals surface area (Å²) in [6.45, 7) is 0. The van der Waals surface area contributed by atoms with Gasteiger partial charge < -0.3 is 5.32 Å². The minimum atomic E-state index is -0.413. The number of amides is 1. The maximum Gasteiger partial charge on any atom is 0.271 e. The van der Waals surface area contributed by atoms with Crippen LogP contribution in [0.25, 0.3) is 0 Å². The summed E-state index contributed by atoms with van der Waals surface area (Å²) in [6, 6.07) is 12.3. The summed E-state index contributed by atoms with van der Waals surface area (Å²) in [5.74, 6) is -0.754. The van der Waals surface area contributed by atoms with Crippen LogP contribution in [0.4, 0.5) is 10.1 Å². The Hall–Kier alpha value is -2.18. The molecule has 4 nitrogen and oxygen atoms in total. The normalized spacial score (nSPS) is 9.81. The Labute approximate surface area is 131 Å². The van der Waals surface area contributed by atoms with Gasteiger partial charge in [-0.3, -0.25) is 15.6 Å². The summed E-state index contributed by atoms with van der Waals surface area (Å²) in [6.07, 6.45) is 0. The van der Waals surface area contributed by atoms with Crippen LogP contribution < -0.4 is 16.2 Å². The van der Waals surface area contributed by atoms with E-state index in [-0.39, 0.29) is 10.9 Å². The van der Waals surface area contributed by atoms with Crippen molar-refractivity contribution in [2.24, 2.45) is 0 Å². The zero-order chi connectivity index (χ0) is 15.2. The number of hydrogen-bond acceptors (Lipinski definition) is 2. The van der Waals surface area contributed by atoms with Crippen molar-refractivity contribution in [3.8, 4) is 0 Å². The Morgan fingerprint density at radius 2 is 1.71 bits per heavy atom. The molecule has 0 aliphatic rings. The van der Waals surface area contributed by atoms with Crippen LogP contribution in [0.5, 0.6) is 0 Å². The molecule has 0 spiro atoms. The molecule has 0 aromatic heterocycles. The van der Waals surface area contributed by atoms with Gasteiger partial charge in [-0.15, -0.1) is 0 Å². The SMILES string of the molecule is O=C(NNC(=S)Nc1ccc(F)cc1)c1ccccc1Cl. The van der Waals surface area contributed by atoms with Gasteiger partial charge in [-0.05, 0) is 48.6 Å². The smallest absolute Gasteiger partial charge is 0.271 e. The minimum absolute atomic E-state index is 0.169. The van der Waals surface area contributed by atoms with Crippen molar-refractivity contribution in [1.82, 2.24) is 10.9 Å². The lowest BCUT2D eigenvalue weighted by atomic mass is 10.2. The number of anilines is 1. The monoisotopic (exact) mass is 323 g/mol. The van der Waals surface area contributed by atoms with Crippen LogP contribution in [0, 0.1) is 5.82 Å². The maximum atomic E-state index is 12.8. The van der Waals surface area contributed by atoms with E-state index in [0.717, 1.165) is 0 Å². The number of hydrogen-bond donors (Lipinski definition) is 3. The van der Waals surface area contributed by atoms with Gasteiger partial charge in [0, 0.05) is 5.69 Å². The van der Waals surface area contributed by atoms with Gasteiger partial charge >= 0.3 is 0 Å². The van der Waals surface area contributed by atoms with Gasteiger partial charge in [0.15, 0.2) is 5.11 Å². The summed E-state index contributed by atoms with van der Waals surface area (Å²) in [5, 5.41) is 3.31. The molecule has 0 saturated heterocycles. The molecule has 2 rings (SSSR count). The van der Waals surface area contributed by atoms with Crippen molar-refractivity contribution in [2.45, 2.75) is 0 Å². The summed E-state index contributed by atoms with van der Waals surface area (Å²) >= 11 is 10.9. The highest BCUT2D eigenvalue weighted by Gasteiger charge is 2.09. The van der Waals surface area contributed by atoms with Gasteiger partial charge in [-0.25, -0.2) is 4.39 Å². The van der Waals surface area contributed by atoms with Crippen LogP contribution in [0.2, 0.25) is 5.02 Å². The molecule has 108 valence electrons. The fourth-order valence-electron chi connectivity index (χ4n) is 1.52. The number of rotatable bonds is 2. The molecule has 2 aromatic rings. The van der Waals surface area contributed by atoms with Crippen LogP contribution in [0.3, 0.4) is 0 Å². The Morgan fingerprint density at radius 1 is 1.05 bits per heavy atom. The predicted octanol–water partition coefficient (Wildman–Crippen LogP) is 3.11. The van der Waals surface area contributed by atoms with Crippen LogP contribution in [-0.2, 0) is 0 Å². The lowest BCUT2D eigenvalue weighted by Crippen LogP contribution is -2.43. The average molecular weight is 324 g/mol. The van der Waals surface area contributed by atoms with Gasteiger partial charge in [0.05, 0.1) is 10.6 Å². The molecule has 0 fully saturated rings. The van der Waals surface area contributed by atoms with Gasteiger partial charge in [0.2, 0.25) is 0 Å². The lowest BCUT2D eigenvalue weighted by Gasteiger charge is -2.12. The molecule has 21 heavy (non-hydrogen) atoms. The van der Waals surface area contributed by atoms with Gasteiger partial charge in [0.1, 0.15) is 5.82 Å². The fraction of sp³-hybridized carbons (Fsp3) is 0. The first-order chi connectivity index (χ1) is 10.1. The maximum absolute atomic E-state index is 12.8. The van der Waals surface area contributed by atoms with Crippen molar-refractivity contribution in [2.75, 3.05) is 5.32 Å². The number of benzene rings is 2. The van der Waals surface area contributed by atoms with E-state index in [1.165, 1.54) is 24.3 Å². The molecular weight excluding hydrogens is 313 g/mol. The molecule has 0 radical (unpaired) electrons. The highest BCUT2D eigenvalue weighted by atomic mass is 35.5. The molecule has 1 amide bonds. The van der Waals surface area contributed by atoms with Gasteiger partial charge in [-0.2, -0.15) is 0 Å². The number of thiocarbonyl (C=S) groups is 1. The Kier molecular flexibility index (Phi) is 5.08. The Bertz CT molecular complexity index is 664. The average Bonchev–Trinajstić information content (AvgIpc) is 2.48. The van der Waals surface area contributed by atoms with E-state index >= 15 is 0 Å². The van der Waals surface area contributed by atoms with Gasteiger partial charge in [-0.1, -0.05) is 23.7 Å². The minimum Gasteiger partial charge on any atom is -0.331 e. The van der Waals surface area contributed by atoms with Crippen molar-refractivity contribution in [3.63, 3.8) is 0 Å². The molecule has 2 aromatic carbocycles. The second-order valence-electron chi connectivity index (χ2n) is 4.02. The standard InChI is InChI=1S/C14H11ClFN3OS/c15-12-4-2-1-3-11(12)13(20)18-19-14(21)17-10-7-5-9(16)6-8-10/h1-8H,(H,18,20)(H2,17,19,21). The van der Waals surface area contributed by atoms with E-state index in [0.29, 0.717) is 16.3 Å². The van der Waals surface area contributed by atoms with Crippen molar-refractivity contribution < 1.29 is 9.18 Å². The summed E-state index contributed by atoms with van der Waals surface area (Å²) in [5.41, 5.74) is 5.89. The van der Waals surface area contributed by atoms with Crippen LogP contribution in [-0.4, -0.2) is 11.0 Å². The molecule has 0 unspecified atom stereocenters. The first-order valence-electron chi connectivity index (χ1n) is 5.93. The summed E-state index contributed by atoms with van der Waals surface area (Å²) < 4.78 is 12.8. The number of halogens is 2. The molecule has 0 bridgehead atoms. The number of carbonyl (C=O) groups is 1. The second-order valence-corrected chi connectivity index (χ2v) is 4.84. The fourth-order valence-corrected chi connectivity index (χ4v) is 1.91. The van der Waals surface area contributed by atoms with E-state index in [9.17, 15) is 9.18 Å². The zero-order valence-electron chi connectivity index (χ0n) is 10.7. The largest absolute Gasteiger partial charge is 0.331 e. The molecule has 0 atom stereocenters. The van der Waals surface area contributed by atoms with Crippen LogP contribution >= 0.6 is 23.8 Å². The van der Waals surface area contributed by atoms with E-state index in [4.69, 9.17) is 23.8 Å². The highest BCUT2D eigenvalue weighted by Crippen LogP contribution is 2.14. The first kappa shape index (κ1) is 15.2. The van der Waals surface area contributed by atoms with Crippen LogP contribution in [0.1, 0.15) is 10.4 Å². The van der Waals surface area contributed by atoms with E-state index in [2.05, 4.69) is 16.2 Å². The molecular formula is C14H11ClFN3OS. The molecule has 0 aliphatic carbocycles. The van der Waals surface area contributed by atoms with E-state index in [1.807, 2.05) is 0 Å². The summed E-state index contributed by atoms with van der Waals surface area (Å²) in [7, 11) is 0. The highest BCUT2D eigenvalue weighted by molar-refractivity contribution is 7.80. The van der Waals surface area contributed by atoms with Crippen molar-refractivity contribution in [1.29, 1.82) is 0 Å². The lowest BCUT2D eigenvalue weighted by molar-refractivity contribution is 0.0944. The quantitative estimate of drug-likeness (QED) is 0.587. The van der Waals surface area contributed by atoms with Crippen molar-refractivity contribution >= 4 is 40.5 Å². The molecule has 0 saturated carbocycles. The Morgan fingerprint density at radius 3 is 2.38 bits per heavy atom. The van der Waals surface area contributed by atoms with Crippen molar-refractivity contribution in [3.05, 3.63) is 64.9 Å². The molecule has 3 N–H and O–H groups in total. The topological polar surface area (TPSA) is 53.2 Å². The third-order valence-corrected chi connectivity index (χ3v) is 3.04. The van der Waals surface area contributed by atoms with Gasteiger partial charge in [0.25, 0.3) is 5.91 Å². The zero-order valence-corrected chi connectivity index (χ0v) is 12.3. The Balaban J connectivity index is 1.88. The number of nitrogens with one attached hydrogen (secondary N) is 3. The molecule has 0 aliphatic heterocycles. The summed E-state index contributed by atoms with van der Waals surface area (Å²) in [4.78, 5) is 11.9. The second kappa shape index (κ2) is 7.01. The van der Waals surface area contributed by atoms with E-state index in [1.54, 1.807) is 24.3 Å². The number of hydrazine groups is 1. The third-order valence-electron chi connectivity index (χ3n) is 2.51.